The van der Waals surface area contributed by atoms with Gasteiger partial charge in [-0.3, -0.25) is 4.79 Å². The minimum Gasteiger partial charge on any atom is -0.494 e. The van der Waals surface area contributed by atoms with Crippen LogP contribution < -0.4 is 10.1 Å². The Morgan fingerprint density at radius 1 is 1.35 bits per heavy atom. The summed E-state index contributed by atoms with van der Waals surface area (Å²) in [6.07, 6.45) is 6.58. The fourth-order valence-electron chi connectivity index (χ4n) is 3.43. The molecule has 0 unspecified atom stereocenters. The molecule has 1 amide bonds. The van der Waals surface area contributed by atoms with Crippen molar-refractivity contribution in [3.8, 4) is 5.75 Å². The number of benzene rings is 1. The van der Waals surface area contributed by atoms with Crippen molar-refractivity contribution in [2.75, 3.05) is 11.9 Å². The van der Waals surface area contributed by atoms with E-state index in [1.165, 1.54) is 0 Å². The van der Waals surface area contributed by atoms with Gasteiger partial charge >= 0.3 is 0 Å². The Kier molecular flexibility index (Phi) is 3.28. The molecule has 2 aliphatic rings. The van der Waals surface area contributed by atoms with Gasteiger partial charge in [0.2, 0.25) is 5.91 Å². The normalized spacial score (nSPS) is 30.5. The smallest absolute Gasteiger partial charge is 0.230 e. The maximum absolute atomic E-state index is 12.6. The molecule has 3 nitrogen and oxygen atoms in total. The molecule has 1 fully saturated rings. The van der Waals surface area contributed by atoms with Gasteiger partial charge in [-0.05, 0) is 55.9 Å². The summed E-state index contributed by atoms with van der Waals surface area (Å²) >= 11 is 0. The van der Waals surface area contributed by atoms with Gasteiger partial charge in [-0.25, -0.2) is 0 Å². The van der Waals surface area contributed by atoms with Crippen LogP contribution in [0.4, 0.5) is 5.69 Å². The van der Waals surface area contributed by atoms with Gasteiger partial charge in [0.1, 0.15) is 5.75 Å². The summed E-state index contributed by atoms with van der Waals surface area (Å²) in [7, 11) is 0. The van der Waals surface area contributed by atoms with E-state index >= 15 is 0 Å². The molecule has 3 atom stereocenters. The molecule has 0 heterocycles. The number of carbonyl (C=O) groups is 1. The molecule has 0 spiro atoms. The largest absolute Gasteiger partial charge is 0.494 e. The third kappa shape index (κ3) is 2.21. The molecule has 1 aromatic carbocycles. The monoisotopic (exact) mass is 271 g/mol. The number of carbonyl (C=O) groups excluding carboxylic acids is 1. The SMILES string of the molecule is CCOc1ccc(NC(=O)[C@@]2(C)C[C@H]3C=C[C@H]2C3)cc1. The molecule has 20 heavy (non-hydrogen) atoms. The summed E-state index contributed by atoms with van der Waals surface area (Å²) in [5.74, 6) is 1.96. The Morgan fingerprint density at radius 3 is 2.65 bits per heavy atom. The molecule has 106 valence electrons. The predicted molar refractivity (Wildman–Crippen MR) is 79.7 cm³/mol. The van der Waals surface area contributed by atoms with Crippen LogP contribution in [0, 0.1) is 17.3 Å². The Hall–Kier alpha value is -1.77. The Labute approximate surface area is 120 Å². The molecular formula is C17H21NO2. The second-order valence-electron chi connectivity index (χ2n) is 6.02. The van der Waals surface area contributed by atoms with Gasteiger partial charge in [0, 0.05) is 5.69 Å². The minimum absolute atomic E-state index is 0.138. The number of allylic oxidation sites excluding steroid dienone is 2. The van der Waals surface area contributed by atoms with Gasteiger partial charge in [0.15, 0.2) is 0 Å². The van der Waals surface area contributed by atoms with Crippen LogP contribution in [0.5, 0.6) is 5.75 Å². The maximum Gasteiger partial charge on any atom is 0.230 e. The number of amides is 1. The molecule has 3 rings (SSSR count). The van der Waals surface area contributed by atoms with E-state index in [9.17, 15) is 4.79 Å². The average molecular weight is 271 g/mol. The topological polar surface area (TPSA) is 38.3 Å². The third-order valence-corrected chi connectivity index (χ3v) is 4.62. The number of nitrogens with one attached hydrogen (secondary N) is 1. The highest BCUT2D eigenvalue weighted by Crippen LogP contribution is 2.52. The summed E-state index contributed by atoms with van der Waals surface area (Å²) in [5, 5.41) is 3.05. The number of fused-ring (bicyclic) bond motifs is 2. The summed E-state index contributed by atoms with van der Waals surface area (Å²) in [5.41, 5.74) is 0.587. The highest BCUT2D eigenvalue weighted by atomic mass is 16.5. The van der Waals surface area contributed by atoms with Gasteiger partial charge in [0.05, 0.1) is 12.0 Å². The molecule has 0 aromatic heterocycles. The highest BCUT2D eigenvalue weighted by Gasteiger charge is 2.49. The van der Waals surface area contributed by atoms with Gasteiger partial charge in [-0.1, -0.05) is 19.1 Å². The van der Waals surface area contributed by atoms with Crippen LogP contribution in [0.15, 0.2) is 36.4 Å². The van der Waals surface area contributed by atoms with Crippen LogP contribution in [0.3, 0.4) is 0 Å². The minimum atomic E-state index is -0.252. The first-order valence-corrected chi connectivity index (χ1v) is 7.34. The first kappa shape index (κ1) is 13.2. The zero-order valence-electron chi connectivity index (χ0n) is 12.1. The standard InChI is InChI=1S/C17H21NO2/c1-3-20-15-8-6-14(7-9-15)18-16(19)17(2)11-12-4-5-13(17)10-12/h4-9,12-13H,3,10-11H2,1-2H3,(H,18,19)/t12-,13-,17-/m0/s1. The van der Waals surface area contributed by atoms with E-state index in [1.807, 2.05) is 31.2 Å². The molecule has 2 aliphatic carbocycles. The van der Waals surface area contributed by atoms with E-state index in [0.29, 0.717) is 18.4 Å². The lowest BCUT2D eigenvalue weighted by Gasteiger charge is -2.29. The lowest BCUT2D eigenvalue weighted by atomic mass is 9.77. The highest BCUT2D eigenvalue weighted by molar-refractivity contribution is 5.96. The first-order valence-electron chi connectivity index (χ1n) is 7.34. The van der Waals surface area contributed by atoms with E-state index in [-0.39, 0.29) is 11.3 Å². The van der Waals surface area contributed by atoms with Crippen molar-refractivity contribution >= 4 is 11.6 Å². The first-order chi connectivity index (χ1) is 9.61. The molecule has 3 heteroatoms. The van der Waals surface area contributed by atoms with Crippen LogP contribution in [-0.2, 0) is 4.79 Å². The average Bonchev–Trinajstić information content (AvgIpc) is 3.02. The fraction of sp³-hybridized carbons (Fsp3) is 0.471. The summed E-state index contributed by atoms with van der Waals surface area (Å²) in [4.78, 5) is 12.6. The lowest BCUT2D eigenvalue weighted by molar-refractivity contribution is -0.126. The van der Waals surface area contributed by atoms with Crippen molar-refractivity contribution in [2.45, 2.75) is 26.7 Å². The number of anilines is 1. The van der Waals surface area contributed by atoms with Crippen molar-refractivity contribution in [2.24, 2.45) is 17.3 Å². The van der Waals surface area contributed by atoms with Crippen LogP contribution >= 0.6 is 0 Å². The zero-order valence-corrected chi connectivity index (χ0v) is 12.1. The van der Waals surface area contributed by atoms with Crippen molar-refractivity contribution in [1.29, 1.82) is 0 Å². The second kappa shape index (κ2) is 4.97. The number of hydrogen-bond donors (Lipinski definition) is 1. The molecule has 0 saturated heterocycles. The Balaban J connectivity index is 1.68. The summed E-state index contributed by atoms with van der Waals surface area (Å²) in [6.45, 7) is 4.70. The van der Waals surface area contributed by atoms with E-state index in [2.05, 4.69) is 24.4 Å². The van der Waals surface area contributed by atoms with Crippen molar-refractivity contribution in [3.63, 3.8) is 0 Å². The van der Waals surface area contributed by atoms with E-state index in [1.54, 1.807) is 0 Å². The van der Waals surface area contributed by atoms with Crippen LogP contribution in [-0.4, -0.2) is 12.5 Å². The van der Waals surface area contributed by atoms with Crippen molar-refractivity contribution in [1.82, 2.24) is 0 Å². The van der Waals surface area contributed by atoms with E-state index in [4.69, 9.17) is 4.74 Å². The zero-order chi connectivity index (χ0) is 14.2. The second-order valence-corrected chi connectivity index (χ2v) is 6.02. The Morgan fingerprint density at radius 2 is 2.10 bits per heavy atom. The van der Waals surface area contributed by atoms with Crippen LogP contribution in [0.2, 0.25) is 0 Å². The molecular weight excluding hydrogens is 250 g/mol. The molecule has 0 radical (unpaired) electrons. The number of ether oxygens (including phenoxy) is 1. The predicted octanol–water partition coefficient (Wildman–Crippen LogP) is 3.63. The number of hydrogen-bond acceptors (Lipinski definition) is 2. The third-order valence-electron chi connectivity index (χ3n) is 4.62. The fourth-order valence-corrected chi connectivity index (χ4v) is 3.43. The van der Waals surface area contributed by atoms with Gasteiger partial charge in [-0.2, -0.15) is 0 Å². The molecule has 1 N–H and O–H groups in total. The van der Waals surface area contributed by atoms with Crippen molar-refractivity contribution in [3.05, 3.63) is 36.4 Å². The van der Waals surface area contributed by atoms with Gasteiger partial charge in [0.25, 0.3) is 0 Å². The van der Waals surface area contributed by atoms with E-state index < -0.39 is 0 Å². The van der Waals surface area contributed by atoms with E-state index in [0.717, 1.165) is 24.3 Å². The van der Waals surface area contributed by atoms with Crippen LogP contribution in [0.25, 0.3) is 0 Å². The molecule has 0 aliphatic heterocycles. The molecule has 1 saturated carbocycles. The van der Waals surface area contributed by atoms with Crippen LogP contribution in [0.1, 0.15) is 26.7 Å². The lowest BCUT2D eigenvalue weighted by Crippen LogP contribution is -2.36. The summed E-state index contributed by atoms with van der Waals surface area (Å²) in [6, 6.07) is 7.58. The quantitative estimate of drug-likeness (QED) is 0.849. The summed E-state index contributed by atoms with van der Waals surface area (Å²) < 4.78 is 5.40. The Bertz CT molecular complexity index is 534. The molecule has 1 aromatic rings. The van der Waals surface area contributed by atoms with Gasteiger partial charge < -0.3 is 10.1 Å². The molecule has 2 bridgehead atoms. The van der Waals surface area contributed by atoms with Gasteiger partial charge in [-0.15, -0.1) is 0 Å². The number of rotatable bonds is 4. The van der Waals surface area contributed by atoms with Crippen molar-refractivity contribution < 1.29 is 9.53 Å². The maximum atomic E-state index is 12.6.